The Kier molecular flexibility index (Phi) is 5.16. The molecule has 1 fully saturated rings. The third kappa shape index (κ3) is 4.50. The maximum absolute atomic E-state index is 12.3. The van der Waals surface area contributed by atoms with E-state index in [1.54, 1.807) is 11.2 Å². The molecule has 1 aromatic rings. The number of ether oxygens (including phenoxy) is 2. The molecule has 124 valence electrons. The van der Waals surface area contributed by atoms with Gasteiger partial charge in [-0.1, -0.05) is 6.92 Å². The van der Waals surface area contributed by atoms with E-state index in [2.05, 4.69) is 6.92 Å². The van der Waals surface area contributed by atoms with Crippen LogP contribution in [0.3, 0.4) is 0 Å². The number of carbonyl (C=O) groups excluding carboxylic acids is 1. The van der Waals surface area contributed by atoms with Crippen LogP contribution in [0.1, 0.15) is 52.7 Å². The van der Waals surface area contributed by atoms with Gasteiger partial charge in [0.1, 0.15) is 18.0 Å². The highest BCUT2D eigenvalue weighted by molar-refractivity contribution is 5.68. The summed E-state index contributed by atoms with van der Waals surface area (Å²) in [6.45, 7) is 9.48. The molecule has 5 nitrogen and oxygen atoms in total. The van der Waals surface area contributed by atoms with Gasteiger partial charge in [0.2, 0.25) is 0 Å². The van der Waals surface area contributed by atoms with Crippen molar-refractivity contribution < 1.29 is 18.7 Å². The van der Waals surface area contributed by atoms with Gasteiger partial charge < -0.3 is 18.8 Å². The van der Waals surface area contributed by atoms with Crippen LogP contribution in [0.15, 0.2) is 22.8 Å². The van der Waals surface area contributed by atoms with Crippen molar-refractivity contribution in [2.45, 2.75) is 64.8 Å². The van der Waals surface area contributed by atoms with E-state index >= 15 is 0 Å². The number of hydrogen-bond donors (Lipinski definition) is 0. The molecular weight excluding hydrogens is 282 g/mol. The normalized spacial score (nSPS) is 22.6. The highest BCUT2D eigenvalue weighted by atomic mass is 16.6. The first-order valence-corrected chi connectivity index (χ1v) is 7.98. The molecule has 2 rings (SSSR count). The van der Waals surface area contributed by atoms with Crippen LogP contribution in [0.25, 0.3) is 0 Å². The Morgan fingerprint density at radius 1 is 1.45 bits per heavy atom. The molecule has 0 spiro atoms. The van der Waals surface area contributed by atoms with E-state index in [1.807, 2.05) is 32.9 Å². The fraction of sp³-hybridized carbons (Fsp3) is 0.706. The summed E-state index contributed by atoms with van der Waals surface area (Å²) in [6, 6.07) is 3.75. The predicted octanol–water partition coefficient (Wildman–Crippen LogP) is 3.98. The Hall–Kier alpha value is -1.49. The number of nitrogens with zero attached hydrogens (tertiary/aromatic N) is 1. The third-order valence-electron chi connectivity index (χ3n) is 3.94. The molecule has 1 aliphatic rings. The molecule has 0 aromatic carbocycles. The van der Waals surface area contributed by atoms with Crippen LogP contribution < -0.4 is 0 Å². The van der Waals surface area contributed by atoms with Crippen LogP contribution in [-0.2, 0) is 16.1 Å². The number of hydrogen-bond acceptors (Lipinski definition) is 4. The lowest BCUT2D eigenvalue weighted by molar-refractivity contribution is -0.105. The fourth-order valence-corrected chi connectivity index (χ4v) is 2.71. The first kappa shape index (κ1) is 16.9. The van der Waals surface area contributed by atoms with Gasteiger partial charge in [0.25, 0.3) is 0 Å². The van der Waals surface area contributed by atoms with Crippen molar-refractivity contribution in [3.63, 3.8) is 0 Å². The van der Waals surface area contributed by atoms with Gasteiger partial charge in [0.15, 0.2) is 0 Å². The minimum Gasteiger partial charge on any atom is -0.467 e. The summed E-state index contributed by atoms with van der Waals surface area (Å²) in [5.74, 6) is 0.808. The van der Waals surface area contributed by atoms with E-state index in [-0.39, 0.29) is 11.7 Å². The topological polar surface area (TPSA) is 51.9 Å². The van der Waals surface area contributed by atoms with Gasteiger partial charge in [-0.05, 0) is 52.2 Å². The molecule has 0 N–H and O–H groups in total. The quantitative estimate of drug-likeness (QED) is 0.844. The number of piperidine rings is 1. The van der Waals surface area contributed by atoms with E-state index in [4.69, 9.17) is 13.9 Å². The van der Waals surface area contributed by atoms with Crippen molar-refractivity contribution in [2.75, 3.05) is 13.1 Å². The maximum atomic E-state index is 12.3. The minimum absolute atomic E-state index is 0.258. The summed E-state index contributed by atoms with van der Waals surface area (Å²) < 4.78 is 16.9. The molecule has 1 saturated heterocycles. The van der Waals surface area contributed by atoms with Crippen molar-refractivity contribution >= 4 is 6.09 Å². The monoisotopic (exact) mass is 309 g/mol. The van der Waals surface area contributed by atoms with Gasteiger partial charge in [-0.3, -0.25) is 0 Å². The van der Waals surface area contributed by atoms with Crippen LogP contribution in [0.5, 0.6) is 0 Å². The molecule has 1 amide bonds. The SMILES string of the molecule is CCC1(OCc2ccco2)CCCN(C(=O)OC(C)(C)C)C1. The van der Waals surface area contributed by atoms with E-state index in [0.29, 0.717) is 13.2 Å². The first-order chi connectivity index (χ1) is 10.3. The number of likely N-dealkylation sites (tertiary alicyclic amines) is 1. The predicted molar refractivity (Wildman–Crippen MR) is 83.6 cm³/mol. The molecule has 1 aliphatic heterocycles. The summed E-state index contributed by atoms with van der Waals surface area (Å²) in [7, 11) is 0. The second kappa shape index (κ2) is 6.73. The molecule has 22 heavy (non-hydrogen) atoms. The van der Waals surface area contributed by atoms with E-state index in [0.717, 1.165) is 31.6 Å². The Balaban J connectivity index is 1.97. The summed E-state index contributed by atoms with van der Waals surface area (Å²) >= 11 is 0. The second-order valence-corrected chi connectivity index (χ2v) is 6.91. The van der Waals surface area contributed by atoms with Crippen molar-refractivity contribution in [1.29, 1.82) is 0 Å². The van der Waals surface area contributed by atoms with Crippen molar-refractivity contribution in [3.05, 3.63) is 24.2 Å². The lowest BCUT2D eigenvalue weighted by atomic mass is 9.90. The van der Waals surface area contributed by atoms with Crippen molar-refractivity contribution in [3.8, 4) is 0 Å². The number of carbonyl (C=O) groups is 1. The summed E-state index contributed by atoms with van der Waals surface area (Å²) in [6.07, 6.45) is 4.11. The van der Waals surface area contributed by atoms with Crippen LogP contribution in [0, 0.1) is 0 Å². The Labute approximate surface area is 132 Å². The minimum atomic E-state index is -0.474. The molecular formula is C17H27NO4. The second-order valence-electron chi connectivity index (χ2n) is 6.91. The molecule has 5 heteroatoms. The average Bonchev–Trinajstić information content (AvgIpc) is 2.97. The number of amides is 1. The zero-order valence-electron chi connectivity index (χ0n) is 14.1. The van der Waals surface area contributed by atoms with Gasteiger partial charge in [-0.15, -0.1) is 0 Å². The number of rotatable bonds is 4. The largest absolute Gasteiger partial charge is 0.467 e. The number of furan rings is 1. The summed E-state index contributed by atoms with van der Waals surface area (Å²) in [5, 5.41) is 0. The van der Waals surface area contributed by atoms with Crippen LogP contribution >= 0.6 is 0 Å². The van der Waals surface area contributed by atoms with E-state index in [9.17, 15) is 4.79 Å². The van der Waals surface area contributed by atoms with E-state index < -0.39 is 5.60 Å². The highest BCUT2D eigenvalue weighted by Crippen LogP contribution is 2.30. The molecule has 0 bridgehead atoms. The van der Waals surface area contributed by atoms with Gasteiger partial charge in [0.05, 0.1) is 18.4 Å². The smallest absolute Gasteiger partial charge is 0.410 e. The Morgan fingerprint density at radius 2 is 2.23 bits per heavy atom. The third-order valence-corrected chi connectivity index (χ3v) is 3.94. The zero-order chi connectivity index (χ0) is 16.2. The summed E-state index contributed by atoms with van der Waals surface area (Å²) in [5.41, 5.74) is -0.791. The van der Waals surface area contributed by atoms with Crippen LogP contribution in [0.2, 0.25) is 0 Å². The zero-order valence-corrected chi connectivity index (χ0v) is 14.1. The summed E-state index contributed by atoms with van der Waals surface area (Å²) in [4.78, 5) is 14.0. The lowest BCUT2D eigenvalue weighted by Gasteiger charge is -2.42. The maximum Gasteiger partial charge on any atom is 0.410 e. The van der Waals surface area contributed by atoms with Crippen LogP contribution in [0.4, 0.5) is 4.79 Å². The average molecular weight is 309 g/mol. The van der Waals surface area contributed by atoms with Gasteiger partial charge in [-0.2, -0.15) is 0 Å². The molecule has 1 aromatic heterocycles. The molecule has 0 aliphatic carbocycles. The Bertz CT molecular complexity index is 477. The van der Waals surface area contributed by atoms with Crippen molar-refractivity contribution in [2.24, 2.45) is 0 Å². The highest BCUT2D eigenvalue weighted by Gasteiger charge is 2.38. The molecule has 0 radical (unpaired) electrons. The molecule has 1 atom stereocenters. The van der Waals surface area contributed by atoms with Gasteiger partial charge >= 0.3 is 6.09 Å². The van der Waals surface area contributed by atoms with Gasteiger partial charge in [-0.25, -0.2) is 4.79 Å². The first-order valence-electron chi connectivity index (χ1n) is 7.98. The van der Waals surface area contributed by atoms with Crippen molar-refractivity contribution in [1.82, 2.24) is 4.90 Å². The Morgan fingerprint density at radius 3 is 2.82 bits per heavy atom. The standard InChI is InChI=1S/C17H27NO4/c1-5-17(21-12-14-8-6-11-20-14)9-7-10-18(13-17)15(19)22-16(2,3)4/h6,8,11H,5,7,9-10,12-13H2,1-4H3. The fourth-order valence-electron chi connectivity index (χ4n) is 2.71. The molecule has 0 saturated carbocycles. The lowest BCUT2D eigenvalue weighted by Crippen LogP contribution is -2.52. The van der Waals surface area contributed by atoms with Gasteiger partial charge in [0, 0.05) is 6.54 Å². The van der Waals surface area contributed by atoms with E-state index in [1.165, 1.54) is 0 Å². The molecule has 2 heterocycles. The van der Waals surface area contributed by atoms with Crippen LogP contribution in [-0.4, -0.2) is 35.3 Å². The molecule has 1 unspecified atom stereocenters.